The van der Waals surface area contributed by atoms with Gasteiger partial charge in [-0.05, 0) is 19.8 Å². The van der Waals surface area contributed by atoms with Crippen LogP contribution in [0.4, 0.5) is 0 Å². The fourth-order valence-corrected chi connectivity index (χ4v) is 2.43. The van der Waals surface area contributed by atoms with Gasteiger partial charge in [0.1, 0.15) is 5.78 Å². The standard InChI is InChI=1S/C12H22N2O/c1-3-12(15)10(2)13-6-8-14(9-7-13)11-4-5-11/h10-11H,3-9H2,1-2H3. The van der Waals surface area contributed by atoms with Gasteiger partial charge in [0.25, 0.3) is 0 Å². The molecule has 0 aromatic heterocycles. The van der Waals surface area contributed by atoms with E-state index in [0.29, 0.717) is 12.2 Å². The number of Topliss-reactive ketones (excluding diaryl/α,β-unsaturated/α-hetero) is 1. The van der Waals surface area contributed by atoms with E-state index in [-0.39, 0.29) is 6.04 Å². The van der Waals surface area contributed by atoms with Gasteiger partial charge in [-0.2, -0.15) is 0 Å². The highest BCUT2D eigenvalue weighted by Gasteiger charge is 2.32. The summed E-state index contributed by atoms with van der Waals surface area (Å²) < 4.78 is 0. The van der Waals surface area contributed by atoms with Crippen LogP contribution < -0.4 is 0 Å². The molecule has 1 saturated heterocycles. The molecule has 86 valence electrons. The molecule has 1 saturated carbocycles. The second-order valence-electron chi connectivity index (χ2n) is 4.80. The summed E-state index contributed by atoms with van der Waals surface area (Å²) in [5.74, 6) is 0.384. The number of ketones is 1. The third kappa shape index (κ3) is 2.58. The second kappa shape index (κ2) is 4.62. The minimum atomic E-state index is 0.136. The Morgan fingerprint density at radius 3 is 2.33 bits per heavy atom. The van der Waals surface area contributed by atoms with Crippen molar-refractivity contribution >= 4 is 5.78 Å². The number of hydrogen-bond donors (Lipinski definition) is 0. The fraction of sp³-hybridized carbons (Fsp3) is 0.917. The summed E-state index contributed by atoms with van der Waals surface area (Å²) >= 11 is 0. The molecule has 0 aromatic rings. The number of carbonyl (C=O) groups is 1. The van der Waals surface area contributed by atoms with Crippen molar-refractivity contribution in [3.8, 4) is 0 Å². The third-order valence-electron chi connectivity index (χ3n) is 3.77. The molecule has 0 spiro atoms. The van der Waals surface area contributed by atoms with Crippen LogP contribution in [0.3, 0.4) is 0 Å². The summed E-state index contributed by atoms with van der Waals surface area (Å²) in [6.45, 7) is 8.47. The summed E-state index contributed by atoms with van der Waals surface area (Å²) in [6, 6.07) is 1.01. The number of hydrogen-bond acceptors (Lipinski definition) is 3. The first-order valence-corrected chi connectivity index (χ1v) is 6.23. The van der Waals surface area contributed by atoms with Gasteiger partial charge >= 0.3 is 0 Å². The zero-order valence-electron chi connectivity index (χ0n) is 9.91. The maximum Gasteiger partial charge on any atom is 0.149 e. The summed E-state index contributed by atoms with van der Waals surface area (Å²) in [7, 11) is 0. The van der Waals surface area contributed by atoms with Crippen LogP contribution in [-0.2, 0) is 4.79 Å². The molecule has 0 amide bonds. The SMILES string of the molecule is CCC(=O)C(C)N1CCN(C2CC2)CC1. The van der Waals surface area contributed by atoms with Crippen LogP contribution in [0.5, 0.6) is 0 Å². The Morgan fingerprint density at radius 2 is 1.87 bits per heavy atom. The van der Waals surface area contributed by atoms with Crippen molar-refractivity contribution in [1.82, 2.24) is 9.80 Å². The lowest BCUT2D eigenvalue weighted by Crippen LogP contribution is -2.52. The van der Waals surface area contributed by atoms with Crippen LogP contribution in [0, 0.1) is 0 Å². The second-order valence-corrected chi connectivity index (χ2v) is 4.80. The molecule has 15 heavy (non-hydrogen) atoms. The molecule has 0 N–H and O–H groups in total. The normalized spacial score (nSPS) is 26.5. The third-order valence-corrected chi connectivity index (χ3v) is 3.77. The molecule has 2 aliphatic rings. The Labute approximate surface area is 92.4 Å². The van der Waals surface area contributed by atoms with Crippen LogP contribution in [0.25, 0.3) is 0 Å². The van der Waals surface area contributed by atoms with Crippen molar-refractivity contribution in [2.75, 3.05) is 26.2 Å². The highest BCUT2D eigenvalue weighted by atomic mass is 16.1. The Balaban J connectivity index is 1.79. The zero-order valence-corrected chi connectivity index (χ0v) is 9.91. The first-order valence-electron chi connectivity index (χ1n) is 6.23. The molecule has 1 atom stereocenters. The van der Waals surface area contributed by atoms with Crippen LogP contribution in [0.15, 0.2) is 0 Å². The first-order chi connectivity index (χ1) is 7.22. The molecule has 0 bridgehead atoms. The number of carbonyl (C=O) groups excluding carboxylic acids is 1. The number of nitrogens with zero attached hydrogens (tertiary/aromatic N) is 2. The lowest BCUT2D eigenvalue weighted by molar-refractivity contribution is -0.124. The van der Waals surface area contributed by atoms with E-state index in [0.717, 1.165) is 32.2 Å². The lowest BCUT2D eigenvalue weighted by atomic mass is 10.1. The predicted molar refractivity (Wildman–Crippen MR) is 60.9 cm³/mol. The first kappa shape index (κ1) is 11.1. The summed E-state index contributed by atoms with van der Waals surface area (Å²) in [5, 5.41) is 0. The van der Waals surface area contributed by atoms with Crippen LogP contribution in [-0.4, -0.2) is 53.8 Å². The number of rotatable bonds is 4. The molecular formula is C12H22N2O. The minimum Gasteiger partial charge on any atom is -0.298 e. The lowest BCUT2D eigenvalue weighted by Gasteiger charge is -2.37. The van der Waals surface area contributed by atoms with Crippen LogP contribution in [0.1, 0.15) is 33.1 Å². The molecule has 3 nitrogen and oxygen atoms in total. The summed E-state index contributed by atoms with van der Waals surface area (Å²) in [5.41, 5.74) is 0. The van der Waals surface area contributed by atoms with Gasteiger partial charge < -0.3 is 0 Å². The fourth-order valence-electron chi connectivity index (χ4n) is 2.43. The van der Waals surface area contributed by atoms with Gasteiger partial charge in [0.15, 0.2) is 0 Å². The molecule has 2 rings (SSSR count). The Bertz CT molecular complexity index is 230. The van der Waals surface area contributed by atoms with Crippen molar-refractivity contribution in [2.24, 2.45) is 0 Å². The predicted octanol–water partition coefficient (Wildman–Crippen LogP) is 1.13. The molecule has 0 radical (unpaired) electrons. The van der Waals surface area contributed by atoms with E-state index in [1.165, 1.54) is 12.8 Å². The van der Waals surface area contributed by atoms with Gasteiger partial charge in [-0.3, -0.25) is 14.6 Å². The topological polar surface area (TPSA) is 23.6 Å². The van der Waals surface area contributed by atoms with Gasteiger partial charge in [0.05, 0.1) is 6.04 Å². The van der Waals surface area contributed by atoms with Crippen molar-refractivity contribution in [1.29, 1.82) is 0 Å². The van der Waals surface area contributed by atoms with E-state index >= 15 is 0 Å². The maximum atomic E-state index is 11.6. The highest BCUT2D eigenvalue weighted by molar-refractivity contribution is 5.83. The van der Waals surface area contributed by atoms with Crippen molar-refractivity contribution < 1.29 is 4.79 Å². The monoisotopic (exact) mass is 210 g/mol. The van der Waals surface area contributed by atoms with Crippen molar-refractivity contribution in [2.45, 2.75) is 45.2 Å². The van der Waals surface area contributed by atoms with E-state index < -0.39 is 0 Å². The van der Waals surface area contributed by atoms with Crippen molar-refractivity contribution in [3.05, 3.63) is 0 Å². The van der Waals surface area contributed by atoms with Crippen molar-refractivity contribution in [3.63, 3.8) is 0 Å². The van der Waals surface area contributed by atoms with E-state index in [2.05, 4.69) is 16.7 Å². The smallest absolute Gasteiger partial charge is 0.149 e. The van der Waals surface area contributed by atoms with E-state index in [1.807, 2.05) is 6.92 Å². The Morgan fingerprint density at radius 1 is 1.27 bits per heavy atom. The summed E-state index contributed by atoms with van der Waals surface area (Å²) in [4.78, 5) is 16.5. The molecular weight excluding hydrogens is 188 g/mol. The average Bonchev–Trinajstić information content (AvgIpc) is 3.11. The van der Waals surface area contributed by atoms with E-state index in [9.17, 15) is 4.79 Å². The van der Waals surface area contributed by atoms with Gasteiger partial charge in [-0.15, -0.1) is 0 Å². The van der Waals surface area contributed by atoms with Gasteiger partial charge in [-0.25, -0.2) is 0 Å². The molecule has 1 heterocycles. The molecule has 1 aliphatic heterocycles. The largest absolute Gasteiger partial charge is 0.298 e. The van der Waals surface area contributed by atoms with Gasteiger partial charge in [-0.1, -0.05) is 6.92 Å². The van der Waals surface area contributed by atoms with Crippen LogP contribution >= 0.6 is 0 Å². The molecule has 1 aliphatic carbocycles. The van der Waals surface area contributed by atoms with Gasteiger partial charge in [0, 0.05) is 38.6 Å². The van der Waals surface area contributed by atoms with Crippen LogP contribution in [0.2, 0.25) is 0 Å². The van der Waals surface area contributed by atoms with E-state index in [4.69, 9.17) is 0 Å². The van der Waals surface area contributed by atoms with E-state index in [1.54, 1.807) is 0 Å². The minimum absolute atomic E-state index is 0.136. The Hall–Kier alpha value is -0.410. The molecule has 2 fully saturated rings. The highest BCUT2D eigenvalue weighted by Crippen LogP contribution is 2.27. The maximum absolute atomic E-state index is 11.6. The molecule has 0 aromatic carbocycles. The zero-order chi connectivity index (χ0) is 10.8. The summed E-state index contributed by atoms with van der Waals surface area (Å²) in [6.07, 6.45) is 3.46. The number of piperazine rings is 1. The Kier molecular flexibility index (Phi) is 3.42. The van der Waals surface area contributed by atoms with Gasteiger partial charge in [0.2, 0.25) is 0 Å². The average molecular weight is 210 g/mol. The quantitative estimate of drug-likeness (QED) is 0.695. The molecule has 1 unspecified atom stereocenters. The molecule has 3 heteroatoms.